The van der Waals surface area contributed by atoms with E-state index < -0.39 is 11.7 Å². The second-order valence-corrected chi connectivity index (χ2v) is 4.04. The van der Waals surface area contributed by atoms with E-state index in [0.717, 1.165) is 6.07 Å². The Labute approximate surface area is 101 Å². The van der Waals surface area contributed by atoms with Crippen molar-refractivity contribution in [3.63, 3.8) is 0 Å². The fourth-order valence-corrected chi connectivity index (χ4v) is 1.79. The van der Waals surface area contributed by atoms with E-state index in [4.69, 9.17) is 4.74 Å². The average Bonchev–Trinajstić information content (AvgIpc) is 2.81. The summed E-state index contributed by atoms with van der Waals surface area (Å²) < 4.78 is 18.1. The summed E-state index contributed by atoms with van der Waals surface area (Å²) in [5.41, 5.74) is 0.221. The van der Waals surface area contributed by atoms with Gasteiger partial charge in [0.05, 0.1) is 7.11 Å². The molecule has 17 heavy (non-hydrogen) atoms. The van der Waals surface area contributed by atoms with Gasteiger partial charge in [0, 0.05) is 17.1 Å². The Hall–Kier alpha value is -1.95. The maximum Gasteiger partial charge on any atom is 0.257 e. The van der Waals surface area contributed by atoms with E-state index in [2.05, 4.69) is 10.3 Å². The van der Waals surface area contributed by atoms with Gasteiger partial charge in [-0.05, 0) is 18.2 Å². The van der Waals surface area contributed by atoms with Crippen LogP contribution in [0, 0.1) is 5.82 Å². The highest BCUT2D eigenvalue weighted by atomic mass is 32.1. The van der Waals surface area contributed by atoms with Crippen LogP contribution in [-0.2, 0) is 0 Å². The van der Waals surface area contributed by atoms with Crippen LogP contribution < -0.4 is 10.1 Å². The van der Waals surface area contributed by atoms with Gasteiger partial charge < -0.3 is 4.74 Å². The van der Waals surface area contributed by atoms with E-state index in [1.54, 1.807) is 11.6 Å². The van der Waals surface area contributed by atoms with Crippen molar-refractivity contribution in [2.45, 2.75) is 0 Å². The molecule has 1 aromatic heterocycles. The van der Waals surface area contributed by atoms with Crippen LogP contribution in [0.4, 0.5) is 9.52 Å². The van der Waals surface area contributed by atoms with Crippen LogP contribution in [0.5, 0.6) is 5.75 Å². The highest BCUT2D eigenvalue weighted by molar-refractivity contribution is 7.13. The number of thiazole rings is 1. The standard InChI is InChI=1S/C11H9FN2O2S/c1-16-9-3-2-7(6-8(9)12)10(15)14-11-13-4-5-17-11/h2-6H,1H3,(H,13,14,15). The molecule has 0 unspecified atom stereocenters. The van der Waals surface area contributed by atoms with Gasteiger partial charge in [-0.3, -0.25) is 10.1 Å². The van der Waals surface area contributed by atoms with E-state index >= 15 is 0 Å². The summed E-state index contributed by atoms with van der Waals surface area (Å²) in [7, 11) is 1.37. The minimum atomic E-state index is -0.570. The summed E-state index contributed by atoms with van der Waals surface area (Å²) in [5.74, 6) is -0.864. The van der Waals surface area contributed by atoms with Gasteiger partial charge in [0.1, 0.15) is 0 Å². The quantitative estimate of drug-likeness (QED) is 0.913. The summed E-state index contributed by atoms with van der Waals surface area (Å²) in [5, 5.41) is 4.78. The molecule has 0 aliphatic rings. The van der Waals surface area contributed by atoms with Gasteiger partial charge in [-0.25, -0.2) is 9.37 Å². The molecule has 4 nitrogen and oxygen atoms in total. The highest BCUT2D eigenvalue weighted by Crippen LogP contribution is 2.19. The average molecular weight is 252 g/mol. The molecular formula is C11H9FN2O2S. The number of halogens is 1. The second kappa shape index (κ2) is 4.92. The third-order valence-electron chi connectivity index (χ3n) is 2.07. The topological polar surface area (TPSA) is 51.2 Å². The minimum Gasteiger partial charge on any atom is -0.494 e. The van der Waals surface area contributed by atoms with E-state index in [-0.39, 0.29) is 11.3 Å². The van der Waals surface area contributed by atoms with Crippen molar-refractivity contribution in [1.82, 2.24) is 4.98 Å². The third-order valence-corrected chi connectivity index (χ3v) is 2.76. The molecule has 1 heterocycles. The molecule has 0 atom stereocenters. The number of methoxy groups -OCH3 is 1. The Morgan fingerprint density at radius 3 is 2.94 bits per heavy atom. The largest absolute Gasteiger partial charge is 0.494 e. The lowest BCUT2D eigenvalue weighted by atomic mass is 10.2. The molecular weight excluding hydrogens is 243 g/mol. The monoisotopic (exact) mass is 252 g/mol. The second-order valence-electron chi connectivity index (χ2n) is 3.14. The number of hydrogen-bond acceptors (Lipinski definition) is 4. The smallest absolute Gasteiger partial charge is 0.257 e. The Bertz CT molecular complexity index is 528. The van der Waals surface area contributed by atoms with Gasteiger partial charge in [0.2, 0.25) is 0 Å². The molecule has 0 saturated heterocycles. The van der Waals surface area contributed by atoms with Crippen LogP contribution in [0.25, 0.3) is 0 Å². The zero-order valence-electron chi connectivity index (χ0n) is 8.94. The molecule has 2 aromatic rings. The molecule has 0 aliphatic carbocycles. The van der Waals surface area contributed by atoms with Gasteiger partial charge >= 0.3 is 0 Å². The molecule has 1 aromatic carbocycles. The molecule has 2 rings (SSSR count). The first kappa shape index (κ1) is 11.5. The zero-order valence-corrected chi connectivity index (χ0v) is 9.75. The zero-order chi connectivity index (χ0) is 12.3. The van der Waals surface area contributed by atoms with Gasteiger partial charge in [0.15, 0.2) is 16.7 Å². The minimum absolute atomic E-state index is 0.107. The number of benzene rings is 1. The van der Waals surface area contributed by atoms with Crippen LogP contribution in [0.3, 0.4) is 0 Å². The van der Waals surface area contributed by atoms with Gasteiger partial charge in [-0.15, -0.1) is 11.3 Å². The van der Waals surface area contributed by atoms with E-state index in [9.17, 15) is 9.18 Å². The van der Waals surface area contributed by atoms with Crippen molar-refractivity contribution in [3.8, 4) is 5.75 Å². The van der Waals surface area contributed by atoms with Crippen LogP contribution in [0.1, 0.15) is 10.4 Å². The number of rotatable bonds is 3. The van der Waals surface area contributed by atoms with Crippen LogP contribution in [-0.4, -0.2) is 18.0 Å². The van der Waals surface area contributed by atoms with Crippen LogP contribution in [0.2, 0.25) is 0 Å². The first-order chi connectivity index (χ1) is 8.20. The fraction of sp³-hybridized carbons (Fsp3) is 0.0909. The van der Waals surface area contributed by atoms with Crippen molar-refractivity contribution >= 4 is 22.4 Å². The van der Waals surface area contributed by atoms with Crippen molar-refractivity contribution < 1.29 is 13.9 Å². The van der Waals surface area contributed by atoms with Gasteiger partial charge in [-0.2, -0.15) is 0 Å². The fourth-order valence-electron chi connectivity index (χ4n) is 1.26. The lowest BCUT2D eigenvalue weighted by Gasteiger charge is -2.04. The molecule has 1 N–H and O–H groups in total. The summed E-state index contributed by atoms with van der Waals surface area (Å²) >= 11 is 1.30. The normalized spacial score (nSPS) is 10.0. The Balaban J connectivity index is 2.17. The lowest BCUT2D eigenvalue weighted by Crippen LogP contribution is -2.11. The van der Waals surface area contributed by atoms with Gasteiger partial charge in [0.25, 0.3) is 5.91 Å². The molecule has 0 fully saturated rings. The summed E-state index contributed by atoms with van der Waals surface area (Å²) in [4.78, 5) is 15.6. The number of anilines is 1. The number of nitrogens with one attached hydrogen (secondary N) is 1. The lowest BCUT2D eigenvalue weighted by molar-refractivity contribution is 0.102. The number of amides is 1. The molecule has 1 amide bonds. The molecule has 88 valence electrons. The SMILES string of the molecule is COc1ccc(C(=O)Nc2nccs2)cc1F. The number of carbonyl (C=O) groups is 1. The summed E-state index contributed by atoms with van der Waals surface area (Å²) in [6.07, 6.45) is 1.58. The molecule has 0 radical (unpaired) electrons. The predicted molar refractivity (Wildman–Crippen MR) is 63.0 cm³/mol. The summed E-state index contributed by atoms with van der Waals surface area (Å²) in [6, 6.07) is 4.03. The highest BCUT2D eigenvalue weighted by Gasteiger charge is 2.10. The molecule has 0 saturated carbocycles. The number of ether oxygens (including phenoxy) is 1. The van der Waals surface area contributed by atoms with Crippen LogP contribution in [0.15, 0.2) is 29.8 Å². The van der Waals surface area contributed by atoms with Gasteiger partial charge in [-0.1, -0.05) is 0 Å². The molecule has 0 bridgehead atoms. The number of aromatic nitrogens is 1. The number of hydrogen-bond donors (Lipinski definition) is 1. The first-order valence-corrected chi connectivity index (χ1v) is 5.63. The van der Waals surface area contributed by atoms with Crippen molar-refractivity contribution in [2.75, 3.05) is 12.4 Å². The maximum atomic E-state index is 13.4. The molecule has 0 aliphatic heterocycles. The Morgan fingerprint density at radius 2 is 2.35 bits per heavy atom. The maximum absolute atomic E-state index is 13.4. The van der Waals surface area contributed by atoms with Crippen LogP contribution >= 0.6 is 11.3 Å². The predicted octanol–water partition coefficient (Wildman–Crippen LogP) is 2.54. The third kappa shape index (κ3) is 2.59. The van der Waals surface area contributed by atoms with Crippen molar-refractivity contribution in [3.05, 3.63) is 41.2 Å². The van der Waals surface area contributed by atoms with Crippen molar-refractivity contribution in [2.24, 2.45) is 0 Å². The van der Waals surface area contributed by atoms with E-state index in [0.29, 0.717) is 5.13 Å². The van der Waals surface area contributed by atoms with Crippen molar-refractivity contribution in [1.29, 1.82) is 0 Å². The Morgan fingerprint density at radius 1 is 1.53 bits per heavy atom. The molecule has 6 heteroatoms. The molecule has 0 spiro atoms. The summed E-state index contributed by atoms with van der Waals surface area (Å²) in [6.45, 7) is 0. The van der Waals surface area contributed by atoms with E-state index in [1.807, 2.05) is 0 Å². The first-order valence-electron chi connectivity index (χ1n) is 4.75. The van der Waals surface area contributed by atoms with E-state index in [1.165, 1.54) is 30.6 Å². The number of carbonyl (C=O) groups excluding carboxylic acids is 1. The Kier molecular flexibility index (Phi) is 3.34. The number of nitrogens with zero attached hydrogens (tertiary/aromatic N) is 1.